The molecule has 0 aliphatic carbocycles. The summed E-state index contributed by atoms with van der Waals surface area (Å²) in [7, 11) is -4.47. The van der Waals surface area contributed by atoms with Crippen LogP contribution in [0.4, 0.5) is 19.0 Å². The van der Waals surface area contributed by atoms with Crippen molar-refractivity contribution in [3.8, 4) is 28.5 Å². The highest BCUT2D eigenvalue weighted by Crippen LogP contribution is 2.41. The zero-order chi connectivity index (χ0) is 33.6. The van der Waals surface area contributed by atoms with E-state index in [9.17, 15) is 28.0 Å². The quantitative estimate of drug-likeness (QED) is 0.179. The first-order valence-electron chi connectivity index (χ1n) is 14.1. The predicted octanol–water partition coefficient (Wildman–Crippen LogP) is 7.51. The van der Waals surface area contributed by atoms with Gasteiger partial charge in [0.05, 0.1) is 22.6 Å². The minimum Gasteiger partial charge on any atom is -0.481 e. The number of carboxylic acid groups (broad SMARTS) is 1. The molecule has 0 spiro atoms. The molecule has 5 rings (SSSR count). The van der Waals surface area contributed by atoms with Crippen molar-refractivity contribution >= 4 is 32.7 Å². The molecule has 5 aromatic rings. The fourth-order valence-corrected chi connectivity index (χ4v) is 6.58. The van der Waals surface area contributed by atoms with Crippen LogP contribution in [0.15, 0.2) is 77.8 Å². The molecule has 3 aromatic carbocycles. The van der Waals surface area contributed by atoms with E-state index in [0.717, 1.165) is 17.8 Å². The molecule has 12 heteroatoms. The van der Waals surface area contributed by atoms with E-state index in [4.69, 9.17) is 0 Å². The van der Waals surface area contributed by atoms with Crippen LogP contribution in [-0.4, -0.2) is 34.5 Å². The van der Waals surface area contributed by atoms with Crippen LogP contribution in [0.5, 0.6) is 0 Å². The van der Waals surface area contributed by atoms with Crippen LogP contribution >= 0.6 is 0 Å². The van der Waals surface area contributed by atoms with E-state index in [1.54, 1.807) is 70.2 Å². The van der Waals surface area contributed by atoms with E-state index in [0.29, 0.717) is 10.0 Å². The first-order chi connectivity index (χ1) is 21.6. The van der Waals surface area contributed by atoms with Crippen molar-refractivity contribution in [1.82, 2.24) is 8.96 Å². The Kier molecular flexibility index (Phi) is 8.40. The molecule has 0 saturated heterocycles. The molecule has 0 aliphatic heterocycles. The number of carbonyl (C=O) groups is 1. The van der Waals surface area contributed by atoms with E-state index >= 15 is 8.78 Å². The number of nitrogens with zero attached hydrogens (tertiary/aromatic N) is 3. The number of aromatic nitrogens is 2. The number of benzene rings is 3. The molecule has 0 fully saturated rings. The summed E-state index contributed by atoms with van der Waals surface area (Å²) < 4.78 is 75.0. The number of halogens is 3. The summed E-state index contributed by atoms with van der Waals surface area (Å²) in [4.78, 5) is 15.9. The molecule has 0 aliphatic rings. The highest BCUT2D eigenvalue weighted by Gasteiger charge is 2.32. The molecule has 2 aromatic heterocycles. The Morgan fingerprint density at radius 2 is 1.72 bits per heavy atom. The summed E-state index contributed by atoms with van der Waals surface area (Å²) in [6, 6.07) is 16.4. The third kappa shape index (κ3) is 5.93. The van der Waals surface area contributed by atoms with Gasteiger partial charge in [0.25, 0.3) is 10.0 Å². The summed E-state index contributed by atoms with van der Waals surface area (Å²) >= 11 is 0. The third-order valence-electron chi connectivity index (χ3n) is 7.67. The van der Waals surface area contributed by atoms with Gasteiger partial charge in [0, 0.05) is 34.8 Å². The fourth-order valence-electron chi connectivity index (χ4n) is 5.20. The van der Waals surface area contributed by atoms with Crippen molar-refractivity contribution < 1.29 is 31.5 Å². The number of nitrogens with one attached hydrogen (secondary N) is 1. The Balaban J connectivity index is 1.88. The molecule has 1 unspecified atom stereocenters. The maximum atomic E-state index is 16.4. The summed E-state index contributed by atoms with van der Waals surface area (Å²) in [6.07, 6.45) is 0.617. The van der Waals surface area contributed by atoms with Gasteiger partial charge in [-0.25, -0.2) is 30.5 Å². The molecule has 8 nitrogen and oxygen atoms in total. The normalized spacial score (nSPS) is 12.6. The number of pyridine rings is 1. The standard InChI is InChI=1S/C34H29F3N4O4S/c1-19-10-12-22(13-11-19)46(44,45)41-18-25(23-14-21(35)15-26(36)32(23)41)31-24(17-38)29(20-8-6-5-7-9-20)30(37)33(40-31)39-27(16-28(42)43)34(2,3)4/h5-15,18,27H,16H2,1-4H3,(H,39,40)(H,42,43). The number of aliphatic carboxylic acids is 1. The van der Waals surface area contributed by atoms with Gasteiger partial charge in [0.15, 0.2) is 17.5 Å². The number of hydrogen-bond donors (Lipinski definition) is 2. The number of aryl methyl sites for hydroxylation is 1. The van der Waals surface area contributed by atoms with Crippen molar-refractivity contribution in [3.63, 3.8) is 0 Å². The van der Waals surface area contributed by atoms with Crippen LogP contribution in [0, 0.1) is 41.1 Å². The average Bonchev–Trinajstić information content (AvgIpc) is 3.38. The van der Waals surface area contributed by atoms with Gasteiger partial charge in [0.2, 0.25) is 0 Å². The lowest BCUT2D eigenvalue weighted by Crippen LogP contribution is -2.36. The second-order valence-corrected chi connectivity index (χ2v) is 13.8. The predicted molar refractivity (Wildman–Crippen MR) is 168 cm³/mol. The molecule has 2 heterocycles. The molecule has 1 atom stereocenters. The largest absolute Gasteiger partial charge is 0.481 e. The van der Waals surface area contributed by atoms with Crippen LogP contribution in [0.25, 0.3) is 33.3 Å². The summed E-state index contributed by atoms with van der Waals surface area (Å²) in [5.41, 5.74) is -1.12. The lowest BCUT2D eigenvalue weighted by Gasteiger charge is -2.31. The molecule has 0 saturated carbocycles. The highest BCUT2D eigenvalue weighted by molar-refractivity contribution is 7.90. The SMILES string of the molecule is Cc1ccc(S(=O)(=O)n2cc(-c3nc(NC(CC(=O)O)C(C)(C)C)c(F)c(-c4ccccc4)c3C#N)c3cc(F)cc(F)c32)cc1. The fraction of sp³-hybridized carbons (Fsp3) is 0.206. The molecular weight excluding hydrogens is 617 g/mol. The zero-order valence-corrected chi connectivity index (χ0v) is 26.1. The van der Waals surface area contributed by atoms with Gasteiger partial charge in [0.1, 0.15) is 17.4 Å². The summed E-state index contributed by atoms with van der Waals surface area (Å²) in [6.45, 7) is 7.03. The maximum absolute atomic E-state index is 16.4. The van der Waals surface area contributed by atoms with Crippen LogP contribution in [0.2, 0.25) is 0 Å². The van der Waals surface area contributed by atoms with Crippen LogP contribution in [0.1, 0.15) is 38.3 Å². The summed E-state index contributed by atoms with van der Waals surface area (Å²) in [5, 5.41) is 22.6. The second-order valence-electron chi connectivity index (χ2n) is 12.0. The number of rotatable bonds is 8. The first kappa shape index (κ1) is 32.2. The maximum Gasteiger partial charge on any atom is 0.305 e. The van der Waals surface area contributed by atoms with Gasteiger partial charge in [-0.05, 0) is 36.1 Å². The molecule has 2 N–H and O–H groups in total. The lowest BCUT2D eigenvalue weighted by molar-refractivity contribution is -0.137. The molecule has 46 heavy (non-hydrogen) atoms. The Morgan fingerprint density at radius 3 is 2.30 bits per heavy atom. The van der Waals surface area contributed by atoms with Gasteiger partial charge in [-0.2, -0.15) is 5.26 Å². The second kappa shape index (κ2) is 12.0. The van der Waals surface area contributed by atoms with Crippen molar-refractivity contribution in [1.29, 1.82) is 5.26 Å². The van der Waals surface area contributed by atoms with Gasteiger partial charge in [-0.15, -0.1) is 0 Å². The Hall–Kier alpha value is -5.15. The summed E-state index contributed by atoms with van der Waals surface area (Å²) in [5.74, 6) is -4.74. The van der Waals surface area contributed by atoms with E-state index in [1.165, 1.54) is 12.1 Å². The van der Waals surface area contributed by atoms with Gasteiger partial charge in [-0.1, -0.05) is 68.8 Å². The minimum absolute atomic E-state index is 0.161. The van der Waals surface area contributed by atoms with E-state index in [2.05, 4.69) is 10.3 Å². The lowest BCUT2D eigenvalue weighted by atomic mass is 9.84. The number of carboxylic acids is 1. The topological polar surface area (TPSA) is 125 Å². The van der Waals surface area contributed by atoms with Crippen molar-refractivity contribution in [2.45, 2.75) is 45.1 Å². The van der Waals surface area contributed by atoms with E-state index in [-0.39, 0.29) is 38.2 Å². The Morgan fingerprint density at radius 1 is 1.07 bits per heavy atom. The van der Waals surface area contributed by atoms with Crippen LogP contribution in [-0.2, 0) is 14.8 Å². The zero-order valence-electron chi connectivity index (χ0n) is 25.3. The number of anilines is 1. The number of hydrogen-bond acceptors (Lipinski definition) is 6. The molecule has 236 valence electrons. The van der Waals surface area contributed by atoms with Crippen molar-refractivity contribution in [2.24, 2.45) is 5.41 Å². The molecule has 0 radical (unpaired) electrons. The van der Waals surface area contributed by atoms with Crippen LogP contribution in [0.3, 0.4) is 0 Å². The monoisotopic (exact) mass is 646 g/mol. The minimum atomic E-state index is -4.47. The van der Waals surface area contributed by atoms with Crippen molar-refractivity contribution in [2.75, 3.05) is 5.32 Å². The molecule has 0 amide bonds. The van der Waals surface area contributed by atoms with Crippen LogP contribution < -0.4 is 5.32 Å². The third-order valence-corrected chi connectivity index (χ3v) is 9.34. The van der Waals surface area contributed by atoms with Gasteiger partial charge >= 0.3 is 5.97 Å². The molecular formula is C34H29F3N4O4S. The van der Waals surface area contributed by atoms with Gasteiger partial charge in [-0.3, -0.25) is 4.79 Å². The average molecular weight is 647 g/mol. The molecule has 0 bridgehead atoms. The Labute approximate surface area is 263 Å². The smallest absolute Gasteiger partial charge is 0.305 e. The number of fused-ring (bicyclic) bond motifs is 1. The van der Waals surface area contributed by atoms with E-state index < -0.39 is 62.7 Å². The van der Waals surface area contributed by atoms with E-state index in [1.807, 2.05) is 6.07 Å². The highest BCUT2D eigenvalue weighted by atomic mass is 32.2. The van der Waals surface area contributed by atoms with Crippen molar-refractivity contribution in [3.05, 3.63) is 102 Å². The number of nitriles is 1. The van der Waals surface area contributed by atoms with Gasteiger partial charge < -0.3 is 10.4 Å². The Bertz CT molecular complexity index is 2130. The first-order valence-corrected chi connectivity index (χ1v) is 15.6.